The maximum absolute atomic E-state index is 13.0. The van der Waals surface area contributed by atoms with Crippen molar-refractivity contribution < 1.29 is 37.3 Å². The molecule has 0 unspecified atom stereocenters. The van der Waals surface area contributed by atoms with Gasteiger partial charge in [0, 0.05) is 17.5 Å². The molecule has 10 heteroatoms. The molecule has 0 saturated heterocycles. The summed E-state index contributed by atoms with van der Waals surface area (Å²) in [5.74, 6) is 0.246. The molecule has 0 fully saturated rings. The number of aliphatic carboxylic acids is 1. The SMILES string of the molecule is COc1cc(OC)c(/C=C/S(=O)(=O)Cc2ccc(OC)c(N[C@@H](C(=O)O)c3ccccc3)c2)c(OC)c1. The van der Waals surface area contributed by atoms with Gasteiger partial charge in [-0.3, -0.25) is 0 Å². The first-order chi connectivity index (χ1) is 17.7. The first kappa shape index (κ1) is 27.4. The molecule has 0 saturated carbocycles. The zero-order valence-corrected chi connectivity index (χ0v) is 21.7. The number of nitrogens with one attached hydrogen (secondary N) is 1. The van der Waals surface area contributed by atoms with Crippen molar-refractivity contribution in [3.63, 3.8) is 0 Å². The van der Waals surface area contributed by atoms with E-state index in [0.29, 0.717) is 45.4 Å². The Morgan fingerprint density at radius 1 is 0.892 bits per heavy atom. The summed E-state index contributed by atoms with van der Waals surface area (Å²) < 4.78 is 47.3. The van der Waals surface area contributed by atoms with Crippen LogP contribution in [0.1, 0.15) is 22.7 Å². The van der Waals surface area contributed by atoms with Gasteiger partial charge in [0.25, 0.3) is 0 Å². The summed E-state index contributed by atoms with van der Waals surface area (Å²) in [6.45, 7) is 0. The fourth-order valence-corrected chi connectivity index (χ4v) is 4.78. The first-order valence-electron chi connectivity index (χ1n) is 11.1. The van der Waals surface area contributed by atoms with Gasteiger partial charge in [-0.25, -0.2) is 13.2 Å². The molecule has 2 N–H and O–H groups in total. The zero-order valence-electron chi connectivity index (χ0n) is 20.9. The second-order valence-corrected chi connectivity index (χ2v) is 9.80. The molecule has 0 aliphatic carbocycles. The average Bonchev–Trinajstić information content (AvgIpc) is 2.90. The summed E-state index contributed by atoms with van der Waals surface area (Å²) in [7, 11) is 2.15. The van der Waals surface area contributed by atoms with Crippen LogP contribution in [0.4, 0.5) is 5.69 Å². The van der Waals surface area contributed by atoms with Crippen LogP contribution in [-0.2, 0) is 20.4 Å². The molecule has 37 heavy (non-hydrogen) atoms. The number of carboxylic acid groups (broad SMARTS) is 1. The summed E-state index contributed by atoms with van der Waals surface area (Å²) >= 11 is 0. The molecule has 0 bridgehead atoms. The van der Waals surface area contributed by atoms with Crippen LogP contribution < -0.4 is 24.3 Å². The van der Waals surface area contributed by atoms with Crippen molar-refractivity contribution in [2.45, 2.75) is 11.8 Å². The van der Waals surface area contributed by atoms with Crippen molar-refractivity contribution in [1.82, 2.24) is 0 Å². The molecule has 1 atom stereocenters. The Morgan fingerprint density at radius 2 is 1.51 bits per heavy atom. The van der Waals surface area contributed by atoms with E-state index in [0.717, 1.165) is 5.41 Å². The molecule has 3 rings (SSSR count). The molecule has 0 amide bonds. The van der Waals surface area contributed by atoms with Gasteiger partial charge in [0.2, 0.25) is 0 Å². The highest BCUT2D eigenvalue weighted by Gasteiger charge is 2.22. The summed E-state index contributed by atoms with van der Waals surface area (Å²) in [4.78, 5) is 11.9. The van der Waals surface area contributed by atoms with Crippen LogP contribution in [0.3, 0.4) is 0 Å². The number of benzene rings is 3. The lowest BCUT2D eigenvalue weighted by Crippen LogP contribution is -2.21. The molecule has 0 heterocycles. The maximum atomic E-state index is 13.0. The van der Waals surface area contributed by atoms with Crippen molar-refractivity contribution in [1.29, 1.82) is 0 Å². The van der Waals surface area contributed by atoms with Gasteiger partial charge in [-0.05, 0) is 29.3 Å². The molecule has 9 nitrogen and oxygen atoms in total. The Kier molecular flexibility index (Phi) is 9.02. The lowest BCUT2D eigenvalue weighted by atomic mass is 10.1. The standard InChI is InChI=1S/C27H29NO8S/c1-33-20-15-24(35-3)21(25(16-20)36-4)12-13-37(31,32)17-18-10-11-23(34-2)22(14-18)28-26(27(29)30)19-8-6-5-7-9-19/h5-16,26,28H,17H2,1-4H3,(H,29,30)/b13-12+/t26-/m1/s1. The van der Waals surface area contributed by atoms with Gasteiger partial charge in [-0.2, -0.15) is 0 Å². The largest absolute Gasteiger partial charge is 0.496 e. The smallest absolute Gasteiger partial charge is 0.330 e. The number of hydrogen-bond donors (Lipinski definition) is 2. The highest BCUT2D eigenvalue weighted by atomic mass is 32.2. The van der Waals surface area contributed by atoms with E-state index in [2.05, 4.69) is 5.32 Å². The summed E-state index contributed by atoms with van der Waals surface area (Å²) in [5, 5.41) is 13.8. The average molecular weight is 528 g/mol. The van der Waals surface area contributed by atoms with Gasteiger partial charge in [0.05, 0.1) is 45.4 Å². The molecule has 0 radical (unpaired) electrons. The van der Waals surface area contributed by atoms with E-state index in [1.807, 2.05) is 0 Å². The highest BCUT2D eigenvalue weighted by Crippen LogP contribution is 2.35. The van der Waals surface area contributed by atoms with Crippen LogP contribution in [0.25, 0.3) is 6.08 Å². The van der Waals surface area contributed by atoms with E-state index in [1.165, 1.54) is 34.5 Å². The zero-order chi connectivity index (χ0) is 27.0. The van der Waals surface area contributed by atoms with E-state index in [9.17, 15) is 18.3 Å². The van der Waals surface area contributed by atoms with Crippen LogP contribution in [0, 0.1) is 0 Å². The topological polar surface area (TPSA) is 120 Å². The van der Waals surface area contributed by atoms with Gasteiger partial charge < -0.3 is 29.4 Å². The predicted molar refractivity (Wildman–Crippen MR) is 141 cm³/mol. The normalized spacial score (nSPS) is 12.1. The van der Waals surface area contributed by atoms with Crippen LogP contribution in [0.15, 0.2) is 66.1 Å². The Bertz CT molecular complexity index is 1350. The quantitative estimate of drug-likeness (QED) is 0.350. The van der Waals surface area contributed by atoms with Crippen molar-refractivity contribution in [3.05, 3.63) is 82.8 Å². The van der Waals surface area contributed by atoms with E-state index >= 15 is 0 Å². The fraction of sp³-hybridized carbons (Fsp3) is 0.222. The van der Waals surface area contributed by atoms with Gasteiger partial charge in [0.1, 0.15) is 23.0 Å². The summed E-state index contributed by atoms with van der Waals surface area (Å²) in [6, 6.07) is 15.6. The molecule has 196 valence electrons. The number of hydrogen-bond acceptors (Lipinski definition) is 8. The molecular weight excluding hydrogens is 498 g/mol. The molecule has 0 aliphatic rings. The van der Waals surface area contributed by atoms with E-state index in [1.54, 1.807) is 60.7 Å². The van der Waals surface area contributed by atoms with E-state index in [4.69, 9.17) is 18.9 Å². The minimum absolute atomic E-state index is 0.327. The first-order valence-corrected chi connectivity index (χ1v) is 12.8. The van der Waals surface area contributed by atoms with E-state index < -0.39 is 21.8 Å². The van der Waals surface area contributed by atoms with Gasteiger partial charge in [-0.15, -0.1) is 0 Å². The summed E-state index contributed by atoms with van der Waals surface area (Å²) in [5.41, 5.74) is 1.78. The fourth-order valence-electron chi connectivity index (χ4n) is 3.70. The third-order valence-corrected chi connectivity index (χ3v) is 6.79. The molecule has 3 aromatic rings. The maximum Gasteiger partial charge on any atom is 0.330 e. The monoisotopic (exact) mass is 527 g/mol. The highest BCUT2D eigenvalue weighted by molar-refractivity contribution is 7.93. The lowest BCUT2D eigenvalue weighted by Gasteiger charge is -2.19. The van der Waals surface area contributed by atoms with Gasteiger partial charge >= 0.3 is 5.97 Å². The third-order valence-electron chi connectivity index (χ3n) is 5.51. The number of rotatable bonds is 12. The number of carbonyl (C=O) groups is 1. The molecule has 0 aromatic heterocycles. The Balaban J connectivity index is 1.89. The van der Waals surface area contributed by atoms with Crippen LogP contribution in [-0.4, -0.2) is 47.9 Å². The Hall–Kier alpha value is -4.18. The van der Waals surface area contributed by atoms with Crippen molar-refractivity contribution in [3.8, 4) is 23.0 Å². The number of carboxylic acids is 1. The number of methoxy groups -OCH3 is 4. The second-order valence-electron chi connectivity index (χ2n) is 7.92. The Labute approximate surface area is 216 Å². The third kappa shape index (κ3) is 6.95. The number of anilines is 1. The van der Waals surface area contributed by atoms with Gasteiger partial charge in [-0.1, -0.05) is 36.4 Å². The van der Waals surface area contributed by atoms with Gasteiger partial charge in [0.15, 0.2) is 15.9 Å². The molecular formula is C27H29NO8S. The van der Waals surface area contributed by atoms with E-state index in [-0.39, 0.29) is 5.75 Å². The van der Waals surface area contributed by atoms with Crippen molar-refractivity contribution >= 4 is 27.6 Å². The predicted octanol–water partition coefficient (Wildman–Crippen LogP) is 4.54. The lowest BCUT2D eigenvalue weighted by molar-refractivity contribution is -0.138. The molecule has 3 aromatic carbocycles. The van der Waals surface area contributed by atoms with Crippen molar-refractivity contribution in [2.24, 2.45) is 0 Å². The molecule has 0 spiro atoms. The van der Waals surface area contributed by atoms with Crippen LogP contribution in [0.5, 0.6) is 23.0 Å². The van der Waals surface area contributed by atoms with Crippen molar-refractivity contribution in [2.75, 3.05) is 33.8 Å². The molecule has 0 aliphatic heterocycles. The Morgan fingerprint density at radius 3 is 2.05 bits per heavy atom. The second kappa shape index (κ2) is 12.2. The number of sulfone groups is 1. The minimum atomic E-state index is -3.74. The van der Waals surface area contributed by atoms with Crippen LogP contribution >= 0.6 is 0 Å². The summed E-state index contributed by atoms with van der Waals surface area (Å²) in [6.07, 6.45) is 1.41. The van der Waals surface area contributed by atoms with Crippen LogP contribution in [0.2, 0.25) is 0 Å². The number of ether oxygens (including phenoxy) is 4. The minimum Gasteiger partial charge on any atom is -0.496 e.